The van der Waals surface area contributed by atoms with Crippen molar-refractivity contribution in [3.63, 3.8) is 0 Å². The van der Waals surface area contributed by atoms with Crippen LogP contribution in [0.15, 0.2) is 36.4 Å². The Morgan fingerprint density at radius 3 is 2.30 bits per heavy atom. The Bertz CT molecular complexity index is 816. The molecule has 20 heavy (non-hydrogen) atoms. The quantitative estimate of drug-likeness (QED) is 0.623. The highest BCUT2D eigenvalue weighted by Gasteiger charge is 2.14. The van der Waals surface area contributed by atoms with Crippen LogP contribution in [0.4, 0.5) is 13.2 Å². The average molecular weight is 295 g/mol. The monoisotopic (exact) mass is 294 g/mol. The van der Waals surface area contributed by atoms with Crippen molar-refractivity contribution in [1.29, 1.82) is 0 Å². The Morgan fingerprint density at radius 1 is 0.850 bits per heavy atom. The topological polar surface area (TPSA) is 25.8 Å². The minimum atomic E-state index is -0.773. The normalized spacial score (nSPS) is 11.0. The van der Waals surface area contributed by atoms with Crippen molar-refractivity contribution in [3.05, 3.63) is 59.1 Å². The fourth-order valence-electron chi connectivity index (χ4n) is 1.96. The highest BCUT2D eigenvalue weighted by molar-refractivity contribution is 6.28. The molecule has 0 saturated carbocycles. The molecule has 1 heterocycles. The number of nitrogens with zero attached hydrogens (tertiary/aromatic N) is 2. The van der Waals surface area contributed by atoms with Gasteiger partial charge < -0.3 is 0 Å². The van der Waals surface area contributed by atoms with Gasteiger partial charge >= 0.3 is 0 Å². The average Bonchev–Trinajstić information content (AvgIpc) is 2.37. The molecule has 0 N–H and O–H groups in total. The molecule has 3 aromatic rings. The van der Waals surface area contributed by atoms with Gasteiger partial charge in [0, 0.05) is 23.1 Å². The second-order valence-electron chi connectivity index (χ2n) is 4.13. The van der Waals surface area contributed by atoms with Crippen molar-refractivity contribution in [2.75, 3.05) is 0 Å². The first-order valence-corrected chi connectivity index (χ1v) is 6.00. The molecule has 100 valence electrons. The molecule has 0 radical (unpaired) electrons. The maximum atomic E-state index is 13.9. The largest absolute Gasteiger partial charge is 0.223 e. The molecule has 0 aliphatic heterocycles. The van der Waals surface area contributed by atoms with Crippen LogP contribution in [0.2, 0.25) is 5.28 Å². The Balaban J connectivity index is 2.35. The zero-order chi connectivity index (χ0) is 14.3. The van der Waals surface area contributed by atoms with E-state index in [1.807, 2.05) is 0 Å². The minimum Gasteiger partial charge on any atom is -0.218 e. The number of hydrogen-bond donors (Lipinski definition) is 0. The van der Waals surface area contributed by atoms with Gasteiger partial charge in [0.15, 0.2) is 0 Å². The SMILES string of the molecule is Fc1ccc(-c2nc(Cl)nc3cc(F)ccc23)c(F)c1. The van der Waals surface area contributed by atoms with E-state index in [-0.39, 0.29) is 22.1 Å². The third-order valence-corrected chi connectivity index (χ3v) is 2.99. The van der Waals surface area contributed by atoms with E-state index >= 15 is 0 Å². The second kappa shape index (κ2) is 4.76. The Kier molecular flexibility index (Phi) is 3.06. The van der Waals surface area contributed by atoms with Crippen molar-refractivity contribution >= 4 is 22.5 Å². The first-order valence-electron chi connectivity index (χ1n) is 5.63. The lowest BCUT2D eigenvalue weighted by atomic mass is 10.1. The van der Waals surface area contributed by atoms with Crippen LogP contribution in [-0.2, 0) is 0 Å². The summed E-state index contributed by atoms with van der Waals surface area (Å²) < 4.78 is 40.0. The van der Waals surface area contributed by atoms with E-state index in [4.69, 9.17) is 11.6 Å². The summed E-state index contributed by atoms with van der Waals surface area (Å²) in [7, 11) is 0. The number of benzene rings is 2. The predicted octanol–water partition coefficient (Wildman–Crippen LogP) is 4.37. The molecule has 0 spiro atoms. The molecule has 6 heteroatoms. The van der Waals surface area contributed by atoms with Crippen LogP contribution in [0.3, 0.4) is 0 Å². The molecular weight excluding hydrogens is 289 g/mol. The van der Waals surface area contributed by atoms with Crippen LogP contribution in [-0.4, -0.2) is 9.97 Å². The van der Waals surface area contributed by atoms with Crippen molar-refractivity contribution < 1.29 is 13.2 Å². The molecule has 0 amide bonds. The van der Waals surface area contributed by atoms with Crippen molar-refractivity contribution in [1.82, 2.24) is 9.97 Å². The molecule has 0 unspecified atom stereocenters. The lowest BCUT2D eigenvalue weighted by molar-refractivity contribution is 0.585. The van der Waals surface area contributed by atoms with Gasteiger partial charge in [0.2, 0.25) is 5.28 Å². The number of aromatic nitrogens is 2. The van der Waals surface area contributed by atoms with Crippen LogP contribution in [0.5, 0.6) is 0 Å². The molecule has 0 atom stereocenters. The van der Waals surface area contributed by atoms with E-state index in [0.29, 0.717) is 5.39 Å². The van der Waals surface area contributed by atoms with Crippen molar-refractivity contribution in [2.24, 2.45) is 0 Å². The fourth-order valence-corrected chi connectivity index (χ4v) is 2.14. The molecule has 0 fully saturated rings. The van der Waals surface area contributed by atoms with Gasteiger partial charge in [0.05, 0.1) is 11.2 Å². The first-order chi connectivity index (χ1) is 9.54. The Labute approximate surface area is 116 Å². The van der Waals surface area contributed by atoms with Gasteiger partial charge in [-0.3, -0.25) is 0 Å². The van der Waals surface area contributed by atoms with E-state index in [2.05, 4.69) is 9.97 Å². The maximum absolute atomic E-state index is 13.9. The van der Waals surface area contributed by atoms with Crippen LogP contribution >= 0.6 is 11.6 Å². The summed E-state index contributed by atoms with van der Waals surface area (Å²) in [5.74, 6) is -1.95. The lowest BCUT2D eigenvalue weighted by Gasteiger charge is -2.07. The van der Waals surface area contributed by atoms with Crippen molar-refractivity contribution in [2.45, 2.75) is 0 Å². The number of rotatable bonds is 1. The van der Waals surface area contributed by atoms with Gasteiger partial charge in [-0.25, -0.2) is 23.1 Å². The summed E-state index contributed by atoms with van der Waals surface area (Å²) in [6.07, 6.45) is 0. The van der Waals surface area contributed by atoms with E-state index in [0.717, 1.165) is 12.1 Å². The minimum absolute atomic E-state index is 0.0762. The van der Waals surface area contributed by atoms with Gasteiger partial charge in [0.1, 0.15) is 17.5 Å². The number of halogens is 4. The summed E-state index contributed by atoms with van der Waals surface area (Å²) >= 11 is 5.77. The van der Waals surface area contributed by atoms with Gasteiger partial charge in [0.25, 0.3) is 0 Å². The van der Waals surface area contributed by atoms with E-state index in [9.17, 15) is 13.2 Å². The van der Waals surface area contributed by atoms with Gasteiger partial charge in [-0.15, -0.1) is 0 Å². The molecule has 0 aliphatic rings. The van der Waals surface area contributed by atoms with E-state index in [1.165, 1.54) is 24.3 Å². The zero-order valence-electron chi connectivity index (χ0n) is 9.87. The summed E-state index contributed by atoms with van der Waals surface area (Å²) in [5, 5.41) is 0.295. The number of hydrogen-bond acceptors (Lipinski definition) is 2. The summed E-state index contributed by atoms with van der Waals surface area (Å²) in [5.41, 5.74) is 0.522. The van der Waals surface area contributed by atoms with Crippen LogP contribution in [0.1, 0.15) is 0 Å². The molecule has 0 saturated heterocycles. The molecular formula is C14H6ClF3N2. The fraction of sp³-hybridized carbons (Fsp3) is 0. The smallest absolute Gasteiger partial charge is 0.218 e. The Morgan fingerprint density at radius 2 is 1.55 bits per heavy atom. The third-order valence-electron chi connectivity index (χ3n) is 2.82. The Hall–Kier alpha value is -2.14. The van der Waals surface area contributed by atoms with Gasteiger partial charge in [-0.05, 0) is 35.9 Å². The first kappa shape index (κ1) is 12.9. The summed E-state index contributed by atoms with van der Waals surface area (Å²) in [4.78, 5) is 7.85. The molecule has 0 aliphatic carbocycles. The maximum Gasteiger partial charge on any atom is 0.223 e. The molecule has 3 rings (SSSR count). The third kappa shape index (κ3) is 2.20. The van der Waals surface area contributed by atoms with Crippen LogP contribution in [0, 0.1) is 17.5 Å². The van der Waals surface area contributed by atoms with E-state index in [1.54, 1.807) is 0 Å². The van der Waals surface area contributed by atoms with Gasteiger partial charge in [-0.1, -0.05) is 0 Å². The van der Waals surface area contributed by atoms with Gasteiger partial charge in [-0.2, -0.15) is 0 Å². The lowest BCUT2D eigenvalue weighted by Crippen LogP contribution is -1.94. The highest BCUT2D eigenvalue weighted by atomic mass is 35.5. The highest BCUT2D eigenvalue weighted by Crippen LogP contribution is 2.29. The van der Waals surface area contributed by atoms with Crippen LogP contribution < -0.4 is 0 Å². The van der Waals surface area contributed by atoms with Crippen molar-refractivity contribution in [3.8, 4) is 11.3 Å². The van der Waals surface area contributed by atoms with E-state index < -0.39 is 17.5 Å². The predicted molar refractivity (Wildman–Crippen MR) is 69.9 cm³/mol. The summed E-state index contributed by atoms with van der Waals surface area (Å²) in [6, 6.07) is 6.94. The second-order valence-corrected chi connectivity index (χ2v) is 4.46. The van der Waals surface area contributed by atoms with Crippen LogP contribution in [0.25, 0.3) is 22.2 Å². The summed E-state index contributed by atoms with van der Waals surface area (Å²) in [6.45, 7) is 0. The molecule has 0 bridgehead atoms. The zero-order valence-corrected chi connectivity index (χ0v) is 10.6. The standard InChI is InChI=1S/C14H6ClF3N2/c15-14-19-12-6-8(17)2-4-10(12)13(20-14)9-3-1-7(16)5-11(9)18/h1-6H. The molecule has 2 nitrogen and oxygen atoms in total. The molecule has 2 aromatic carbocycles. The number of fused-ring (bicyclic) bond motifs is 1. The molecule has 1 aromatic heterocycles.